The molecule has 0 aliphatic carbocycles. The molecule has 0 aliphatic rings. The lowest BCUT2D eigenvalue weighted by Crippen LogP contribution is -2.28. The van der Waals surface area contributed by atoms with Crippen LogP contribution in [0, 0.1) is 0 Å². The first-order valence-corrected chi connectivity index (χ1v) is 5.19. The molecule has 74 valence electrons. The number of hydrogen-bond donors (Lipinski definition) is 2. The zero-order valence-corrected chi connectivity index (χ0v) is 8.85. The first-order valence-electron chi connectivity index (χ1n) is 4.75. The summed E-state index contributed by atoms with van der Waals surface area (Å²) < 4.78 is 0. The number of nitrogens with two attached hydrogens (primary N) is 2. The van der Waals surface area contributed by atoms with Crippen LogP contribution in [0.5, 0.6) is 0 Å². The highest BCUT2D eigenvalue weighted by Gasteiger charge is 2.12. The van der Waals surface area contributed by atoms with Gasteiger partial charge in [0.2, 0.25) is 0 Å². The fraction of sp³-hybridized carbons (Fsp3) is 1.00. The summed E-state index contributed by atoms with van der Waals surface area (Å²) >= 11 is 6.07. The maximum atomic E-state index is 6.07. The molecule has 0 aromatic heterocycles. The van der Waals surface area contributed by atoms with Crippen LogP contribution in [0.25, 0.3) is 0 Å². The van der Waals surface area contributed by atoms with E-state index in [1.165, 1.54) is 0 Å². The minimum absolute atomic E-state index is 0.148. The molecular weight excluding hydrogens is 172 g/mol. The molecule has 4 N–H and O–H groups in total. The predicted molar refractivity (Wildman–Crippen MR) is 55.4 cm³/mol. The molecule has 0 rings (SSSR count). The van der Waals surface area contributed by atoms with Gasteiger partial charge in [0.1, 0.15) is 0 Å². The Morgan fingerprint density at radius 1 is 1.00 bits per heavy atom. The first kappa shape index (κ1) is 12.2. The summed E-state index contributed by atoms with van der Waals surface area (Å²) in [6, 6.07) is 0.466. The Hall–Kier alpha value is 0.210. The van der Waals surface area contributed by atoms with Gasteiger partial charge in [-0.15, -0.1) is 11.6 Å². The van der Waals surface area contributed by atoms with E-state index in [1.54, 1.807) is 0 Å². The van der Waals surface area contributed by atoms with Crippen LogP contribution in [0.15, 0.2) is 0 Å². The highest BCUT2D eigenvalue weighted by molar-refractivity contribution is 6.20. The van der Waals surface area contributed by atoms with Gasteiger partial charge >= 0.3 is 0 Å². The van der Waals surface area contributed by atoms with Crippen LogP contribution in [-0.2, 0) is 0 Å². The molecule has 2 unspecified atom stereocenters. The third-order valence-corrected chi connectivity index (χ3v) is 2.52. The largest absolute Gasteiger partial charge is 0.328 e. The Balaban J connectivity index is 3.51. The molecule has 3 heteroatoms. The fourth-order valence-electron chi connectivity index (χ4n) is 1.09. The van der Waals surface area contributed by atoms with Gasteiger partial charge in [-0.2, -0.15) is 0 Å². The van der Waals surface area contributed by atoms with E-state index in [2.05, 4.69) is 13.8 Å². The van der Waals surface area contributed by atoms with Gasteiger partial charge in [-0.3, -0.25) is 0 Å². The van der Waals surface area contributed by atoms with Gasteiger partial charge < -0.3 is 11.5 Å². The molecule has 0 aromatic carbocycles. The van der Waals surface area contributed by atoms with Gasteiger partial charge in [-0.05, 0) is 25.7 Å². The smallest absolute Gasteiger partial charge is 0.0365 e. The minimum atomic E-state index is 0.148. The molecule has 0 amide bonds. The van der Waals surface area contributed by atoms with Crippen molar-refractivity contribution < 1.29 is 0 Å². The highest BCUT2D eigenvalue weighted by Crippen LogP contribution is 2.13. The molecule has 2 atom stereocenters. The van der Waals surface area contributed by atoms with E-state index in [0.29, 0.717) is 0 Å². The molecule has 0 spiro atoms. The molecular formula is C9H21ClN2. The second kappa shape index (κ2) is 6.70. The zero-order valence-electron chi connectivity index (χ0n) is 8.09. The Morgan fingerprint density at radius 3 is 1.58 bits per heavy atom. The van der Waals surface area contributed by atoms with Crippen molar-refractivity contribution in [2.24, 2.45) is 11.5 Å². The number of halogens is 1. The summed E-state index contributed by atoms with van der Waals surface area (Å²) in [6.45, 7) is 4.15. The van der Waals surface area contributed by atoms with Crippen molar-refractivity contribution in [3.63, 3.8) is 0 Å². The van der Waals surface area contributed by atoms with E-state index in [1.807, 2.05) is 0 Å². The normalized spacial score (nSPS) is 18.8. The Labute approximate surface area is 80.6 Å². The lowest BCUT2D eigenvalue weighted by molar-refractivity contribution is 0.508. The molecule has 0 bridgehead atoms. The van der Waals surface area contributed by atoms with Crippen LogP contribution >= 0.6 is 11.6 Å². The standard InChI is InChI=1S/C9H21ClN2/c1-3-8(11)5-7(10)6-9(12)4-2/h7-9H,3-6,11-12H2,1-2H3. The Bertz CT molecular complexity index is 96.7. The summed E-state index contributed by atoms with van der Waals surface area (Å²) in [7, 11) is 0. The summed E-state index contributed by atoms with van der Waals surface area (Å²) in [5.41, 5.74) is 11.5. The lowest BCUT2D eigenvalue weighted by Gasteiger charge is -2.17. The number of hydrogen-bond acceptors (Lipinski definition) is 2. The van der Waals surface area contributed by atoms with Crippen LogP contribution < -0.4 is 11.5 Å². The second-order valence-corrected chi connectivity index (χ2v) is 4.02. The van der Waals surface area contributed by atoms with Gasteiger partial charge in [0.05, 0.1) is 0 Å². The van der Waals surface area contributed by atoms with Gasteiger partial charge in [0, 0.05) is 17.5 Å². The van der Waals surface area contributed by atoms with Gasteiger partial charge in [0.25, 0.3) is 0 Å². The van der Waals surface area contributed by atoms with Crippen molar-refractivity contribution in [1.29, 1.82) is 0 Å². The molecule has 0 aliphatic heterocycles. The van der Waals surface area contributed by atoms with E-state index in [9.17, 15) is 0 Å². The summed E-state index contributed by atoms with van der Waals surface area (Å²) in [5.74, 6) is 0. The molecule has 0 heterocycles. The van der Waals surface area contributed by atoms with Crippen molar-refractivity contribution in [2.75, 3.05) is 0 Å². The monoisotopic (exact) mass is 192 g/mol. The molecule has 0 saturated heterocycles. The third kappa shape index (κ3) is 5.81. The van der Waals surface area contributed by atoms with Gasteiger partial charge in [-0.1, -0.05) is 13.8 Å². The predicted octanol–water partition coefficient (Wildman–Crippen LogP) is 1.85. The zero-order chi connectivity index (χ0) is 9.56. The van der Waals surface area contributed by atoms with Crippen molar-refractivity contribution >= 4 is 11.6 Å². The van der Waals surface area contributed by atoms with Crippen molar-refractivity contribution in [3.8, 4) is 0 Å². The highest BCUT2D eigenvalue weighted by atomic mass is 35.5. The Morgan fingerprint density at radius 2 is 1.33 bits per heavy atom. The van der Waals surface area contributed by atoms with E-state index in [4.69, 9.17) is 23.1 Å². The van der Waals surface area contributed by atoms with Gasteiger partial charge in [0.15, 0.2) is 0 Å². The number of alkyl halides is 1. The fourth-order valence-corrected chi connectivity index (χ4v) is 1.54. The Kier molecular flexibility index (Phi) is 6.81. The summed E-state index contributed by atoms with van der Waals surface area (Å²) in [6.07, 6.45) is 3.74. The SMILES string of the molecule is CCC(N)CC(Cl)CC(N)CC. The van der Waals surface area contributed by atoms with E-state index in [0.717, 1.165) is 25.7 Å². The maximum absolute atomic E-state index is 6.07. The molecule has 2 nitrogen and oxygen atoms in total. The summed E-state index contributed by atoms with van der Waals surface area (Å²) in [5, 5.41) is 0.148. The van der Waals surface area contributed by atoms with Crippen LogP contribution in [0.4, 0.5) is 0 Å². The average molecular weight is 193 g/mol. The van der Waals surface area contributed by atoms with Crippen LogP contribution in [0.1, 0.15) is 39.5 Å². The molecule has 0 aromatic rings. The molecule has 12 heavy (non-hydrogen) atoms. The van der Waals surface area contributed by atoms with Crippen molar-refractivity contribution in [2.45, 2.75) is 57.0 Å². The topological polar surface area (TPSA) is 52.0 Å². The van der Waals surface area contributed by atoms with E-state index in [-0.39, 0.29) is 17.5 Å². The van der Waals surface area contributed by atoms with Crippen LogP contribution in [0.3, 0.4) is 0 Å². The molecule has 0 fully saturated rings. The van der Waals surface area contributed by atoms with Crippen LogP contribution in [-0.4, -0.2) is 17.5 Å². The summed E-state index contributed by atoms with van der Waals surface area (Å²) in [4.78, 5) is 0. The number of rotatable bonds is 6. The van der Waals surface area contributed by atoms with Gasteiger partial charge in [-0.25, -0.2) is 0 Å². The van der Waals surface area contributed by atoms with Crippen molar-refractivity contribution in [3.05, 3.63) is 0 Å². The van der Waals surface area contributed by atoms with Crippen molar-refractivity contribution in [1.82, 2.24) is 0 Å². The second-order valence-electron chi connectivity index (χ2n) is 3.41. The minimum Gasteiger partial charge on any atom is -0.328 e. The lowest BCUT2D eigenvalue weighted by atomic mass is 10.0. The van der Waals surface area contributed by atoms with E-state index < -0.39 is 0 Å². The third-order valence-electron chi connectivity index (χ3n) is 2.17. The average Bonchev–Trinajstić information content (AvgIpc) is 2.03. The maximum Gasteiger partial charge on any atom is 0.0365 e. The van der Waals surface area contributed by atoms with Crippen LogP contribution in [0.2, 0.25) is 0 Å². The van der Waals surface area contributed by atoms with E-state index >= 15 is 0 Å². The molecule has 0 saturated carbocycles. The first-order chi connectivity index (χ1) is 5.60. The molecule has 0 radical (unpaired) electrons. The quantitative estimate of drug-likeness (QED) is 0.632.